The number of urea groups is 1. The van der Waals surface area contributed by atoms with Crippen LogP contribution in [0.1, 0.15) is 21.5 Å². The average molecular weight is 416 g/mol. The third-order valence-electron chi connectivity index (χ3n) is 5.71. The Hall–Kier alpha value is -4.07. The number of nitrogens with one attached hydrogen (secondary N) is 2. The van der Waals surface area contributed by atoms with Gasteiger partial charge >= 0.3 is 6.03 Å². The summed E-state index contributed by atoms with van der Waals surface area (Å²) in [5.41, 5.74) is 1.94. The molecule has 0 unspecified atom stereocenters. The first-order valence-electron chi connectivity index (χ1n) is 9.68. The van der Waals surface area contributed by atoms with Crippen LogP contribution in [-0.4, -0.2) is 34.3 Å². The van der Waals surface area contributed by atoms with Crippen LogP contribution in [0.5, 0.6) is 0 Å². The van der Waals surface area contributed by atoms with E-state index in [1.165, 1.54) is 17.0 Å². The van der Waals surface area contributed by atoms with E-state index in [-0.39, 0.29) is 24.6 Å². The molecule has 5 rings (SSSR count). The highest BCUT2D eigenvalue weighted by atomic mass is 19.1. The van der Waals surface area contributed by atoms with Crippen molar-refractivity contribution < 1.29 is 18.8 Å². The van der Waals surface area contributed by atoms with Gasteiger partial charge in [-0.05, 0) is 46.5 Å². The summed E-state index contributed by atoms with van der Waals surface area (Å²) in [5, 5.41) is 4.98. The van der Waals surface area contributed by atoms with Crippen LogP contribution in [0.3, 0.4) is 0 Å². The average Bonchev–Trinajstić information content (AvgIpc) is 3.24. The summed E-state index contributed by atoms with van der Waals surface area (Å²) in [6.45, 7) is 0.156. The fraction of sp³-hybridized carbons (Fsp3) is 0.130. The van der Waals surface area contributed by atoms with Crippen molar-refractivity contribution in [2.24, 2.45) is 0 Å². The molecule has 154 valence electrons. The van der Waals surface area contributed by atoms with Gasteiger partial charge in [0.1, 0.15) is 5.82 Å². The number of pyridine rings is 1. The van der Waals surface area contributed by atoms with Crippen LogP contribution < -0.4 is 10.6 Å². The Morgan fingerprint density at radius 3 is 2.35 bits per heavy atom. The van der Waals surface area contributed by atoms with E-state index in [9.17, 15) is 18.8 Å². The first-order chi connectivity index (χ1) is 15.0. The van der Waals surface area contributed by atoms with Gasteiger partial charge in [0.2, 0.25) is 0 Å². The van der Waals surface area contributed by atoms with Crippen LogP contribution in [-0.2, 0) is 16.9 Å². The summed E-state index contributed by atoms with van der Waals surface area (Å²) < 4.78 is 13.6. The van der Waals surface area contributed by atoms with Gasteiger partial charge in [0.25, 0.3) is 11.8 Å². The van der Waals surface area contributed by atoms with Crippen LogP contribution in [0.25, 0.3) is 11.1 Å². The number of imide groups is 1. The predicted molar refractivity (Wildman–Crippen MR) is 109 cm³/mol. The Morgan fingerprint density at radius 2 is 1.68 bits per heavy atom. The number of rotatable bonds is 4. The van der Waals surface area contributed by atoms with Gasteiger partial charge in [-0.25, -0.2) is 9.18 Å². The quantitative estimate of drug-likeness (QED) is 0.640. The number of carbonyl (C=O) groups is 3. The summed E-state index contributed by atoms with van der Waals surface area (Å²) >= 11 is 0. The van der Waals surface area contributed by atoms with Crippen molar-refractivity contribution in [1.82, 2.24) is 20.5 Å². The second kappa shape index (κ2) is 7.02. The lowest BCUT2D eigenvalue weighted by molar-refractivity contribution is -0.124. The molecule has 0 spiro atoms. The molecule has 0 radical (unpaired) electrons. The zero-order valence-corrected chi connectivity index (χ0v) is 16.3. The Balaban J connectivity index is 1.49. The molecule has 1 saturated heterocycles. The second-order valence-electron chi connectivity index (χ2n) is 7.59. The Labute approximate surface area is 176 Å². The van der Waals surface area contributed by atoms with Crippen LogP contribution in [0, 0.1) is 5.82 Å². The SMILES string of the molecule is O=C1NC(=O)[C@](CN2Cc3ccc(F)cc3C2=O)(c2ccc(-c3ccncc3)cc2)N1. The summed E-state index contributed by atoms with van der Waals surface area (Å²) in [7, 11) is 0. The molecule has 2 aliphatic heterocycles. The van der Waals surface area contributed by atoms with Crippen molar-refractivity contribution in [2.75, 3.05) is 6.54 Å². The summed E-state index contributed by atoms with van der Waals surface area (Å²) in [4.78, 5) is 43.2. The predicted octanol–water partition coefficient (Wildman–Crippen LogP) is 2.58. The number of fused-ring (bicyclic) bond motifs is 1. The lowest BCUT2D eigenvalue weighted by Gasteiger charge is -2.31. The molecule has 2 aromatic carbocycles. The van der Waals surface area contributed by atoms with Crippen molar-refractivity contribution >= 4 is 17.8 Å². The minimum absolute atomic E-state index is 0.0751. The number of nitrogens with zero attached hydrogens (tertiary/aromatic N) is 2. The van der Waals surface area contributed by atoms with Crippen LogP contribution in [0.2, 0.25) is 0 Å². The zero-order chi connectivity index (χ0) is 21.6. The maximum Gasteiger partial charge on any atom is 0.322 e. The van der Waals surface area contributed by atoms with Gasteiger partial charge in [-0.2, -0.15) is 0 Å². The number of aromatic nitrogens is 1. The van der Waals surface area contributed by atoms with E-state index in [4.69, 9.17) is 0 Å². The molecule has 0 bridgehead atoms. The van der Waals surface area contributed by atoms with Gasteiger partial charge in [0, 0.05) is 24.5 Å². The number of benzene rings is 2. The second-order valence-corrected chi connectivity index (χ2v) is 7.59. The lowest BCUT2D eigenvalue weighted by Crippen LogP contribution is -2.52. The fourth-order valence-corrected chi connectivity index (χ4v) is 4.14. The maximum absolute atomic E-state index is 13.6. The Kier molecular flexibility index (Phi) is 4.28. The van der Waals surface area contributed by atoms with E-state index in [1.807, 2.05) is 24.3 Å². The number of amides is 4. The van der Waals surface area contributed by atoms with Gasteiger partial charge < -0.3 is 10.2 Å². The van der Waals surface area contributed by atoms with Crippen LogP contribution in [0.4, 0.5) is 9.18 Å². The van der Waals surface area contributed by atoms with E-state index in [0.29, 0.717) is 11.1 Å². The van der Waals surface area contributed by atoms with Crippen molar-refractivity contribution in [2.45, 2.75) is 12.1 Å². The zero-order valence-electron chi connectivity index (χ0n) is 16.3. The Morgan fingerprint density at radius 1 is 0.968 bits per heavy atom. The molecule has 1 aromatic heterocycles. The minimum Gasteiger partial charge on any atom is -0.331 e. The molecule has 4 amide bonds. The molecule has 7 nitrogen and oxygen atoms in total. The monoisotopic (exact) mass is 416 g/mol. The summed E-state index contributed by atoms with van der Waals surface area (Å²) in [6, 6.07) is 14.4. The van der Waals surface area contributed by atoms with Crippen LogP contribution in [0.15, 0.2) is 67.0 Å². The van der Waals surface area contributed by atoms with Crippen molar-refractivity contribution in [3.05, 3.63) is 89.5 Å². The first kappa shape index (κ1) is 18.9. The van der Waals surface area contributed by atoms with Crippen LogP contribution >= 0.6 is 0 Å². The standard InChI is InChI=1S/C23H17FN4O3/c24-18-6-3-16-12-28(20(29)19(16)11-18)13-23(21(30)26-22(31)27-23)17-4-1-14(2-5-17)15-7-9-25-10-8-15/h1-11H,12-13H2,(H2,26,27,30,31)/t23-/m0/s1. The smallest absolute Gasteiger partial charge is 0.322 e. The van der Waals surface area contributed by atoms with Crippen molar-refractivity contribution in [1.29, 1.82) is 0 Å². The molecule has 31 heavy (non-hydrogen) atoms. The van der Waals surface area contributed by atoms with Gasteiger partial charge in [-0.1, -0.05) is 30.3 Å². The molecule has 3 heterocycles. The summed E-state index contributed by atoms with van der Waals surface area (Å²) in [6.07, 6.45) is 3.38. The lowest BCUT2D eigenvalue weighted by atomic mass is 9.88. The van der Waals surface area contributed by atoms with E-state index in [2.05, 4.69) is 15.6 Å². The molecular formula is C23H17FN4O3. The molecular weight excluding hydrogens is 399 g/mol. The number of carbonyl (C=O) groups excluding carboxylic acids is 3. The first-order valence-corrected chi connectivity index (χ1v) is 9.68. The minimum atomic E-state index is -1.44. The van der Waals surface area contributed by atoms with Gasteiger partial charge in [-0.15, -0.1) is 0 Å². The van der Waals surface area contributed by atoms with Gasteiger partial charge in [0.15, 0.2) is 5.54 Å². The van der Waals surface area contributed by atoms with E-state index in [1.54, 1.807) is 30.6 Å². The normalized spacial score (nSPS) is 19.9. The fourth-order valence-electron chi connectivity index (χ4n) is 4.14. The maximum atomic E-state index is 13.6. The van der Waals surface area contributed by atoms with Gasteiger partial charge in [0.05, 0.1) is 6.54 Å². The number of hydrogen-bond acceptors (Lipinski definition) is 4. The third-order valence-corrected chi connectivity index (χ3v) is 5.71. The molecule has 2 N–H and O–H groups in total. The summed E-state index contributed by atoms with van der Waals surface area (Å²) in [5.74, 6) is -1.41. The van der Waals surface area contributed by atoms with E-state index >= 15 is 0 Å². The molecule has 0 saturated carbocycles. The largest absolute Gasteiger partial charge is 0.331 e. The third kappa shape index (κ3) is 3.13. The van der Waals surface area contributed by atoms with E-state index < -0.39 is 23.3 Å². The molecule has 8 heteroatoms. The molecule has 1 fully saturated rings. The molecule has 3 aromatic rings. The molecule has 2 aliphatic rings. The molecule has 0 aliphatic carbocycles. The number of halogens is 1. The molecule has 1 atom stereocenters. The number of hydrogen-bond donors (Lipinski definition) is 2. The van der Waals surface area contributed by atoms with Crippen molar-refractivity contribution in [3.63, 3.8) is 0 Å². The Bertz CT molecular complexity index is 1210. The highest BCUT2D eigenvalue weighted by molar-refractivity contribution is 6.08. The van der Waals surface area contributed by atoms with E-state index in [0.717, 1.165) is 11.1 Å². The topological polar surface area (TPSA) is 91.4 Å². The van der Waals surface area contributed by atoms with Crippen molar-refractivity contribution in [3.8, 4) is 11.1 Å². The van der Waals surface area contributed by atoms with Gasteiger partial charge in [-0.3, -0.25) is 19.9 Å². The highest BCUT2D eigenvalue weighted by Crippen LogP contribution is 2.32. The highest BCUT2D eigenvalue weighted by Gasteiger charge is 2.50.